The molecule has 1 saturated heterocycles. The Bertz CT molecular complexity index is 691. The van der Waals surface area contributed by atoms with Crippen LogP contribution in [0.1, 0.15) is 11.6 Å². The van der Waals surface area contributed by atoms with Crippen LogP contribution >= 0.6 is 34.8 Å². The van der Waals surface area contributed by atoms with Crippen LogP contribution in [0.25, 0.3) is 0 Å². The number of hydrogen-bond donors (Lipinski definition) is 1. The van der Waals surface area contributed by atoms with Gasteiger partial charge in [-0.2, -0.15) is 0 Å². The lowest BCUT2D eigenvalue weighted by Gasteiger charge is -2.44. The van der Waals surface area contributed by atoms with Crippen LogP contribution < -0.4 is 10.2 Å². The summed E-state index contributed by atoms with van der Waals surface area (Å²) in [5.74, 6) is 0. The number of hydrogen-bond acceptors (Lipinski definition) is 3. The molecule has 2 atom stereocenters. The fraction of sp³-hybridized carbons (Fsp3) is 0.333. The predicted molar refractivity (Wildman–Crippen MR) is 102 cm³/mol. The highest BCUT2D eigenvalue weighted by atomic mass is 35.5. The Kier molecular flexibility index (Phi) is 5.90. The van der Waals surface area contributed by atoms with Crippen molar-refractivity contribution < 1.29 is 4.74 Å². The standard InChI is InChI=1S/C18H19Cl3N2O/c1-24-11-16-18(12-2-4-13(19)5-3-12)23(9-8-22-16)17-7-6-14(20)10-15(17)21/h2-7,10,16,18,22H,8-9,11H2,1H3/t16-,18+/m1/s1. The van der Waals surface area contributed by atoms with Crippen molar-refractivity contribution in [2.45, 2.75) is 12.1 Å². The number of nitrogens with zero attached hydrogens (tertiary/aromatic N) is 1. The van der Waals surface area contributed by atoms with E-state index < -0.39 is 0 Å². The van der Waals surface area contributed by atoms with Crippen molar-refractivity contribution in [1.29, 1.82) is 0 Å². The highest BCUT2D eigenvalue weighted by Crippen LogP contribution is 2.37. The fourth-order valence-electron chi connectivity index (χ4n) is 3.22. The first-order valence-electron chi connectivity index (χ1n) is 7.79. The van der Waals surface area contributed by atoms with Crippen molar-refractivity contribution in [2.75, 3.05) is 31.7 Å². The van der Waals surface area contributed by atoms with E-state index in [1.807, 2.05) is 24.3 Å². The van der Waals surface area contributed by atoms with Crippen molar-refractivity contribution in [3.05, 3.63) is 63.1 Å². The topological polar surface area (TPSA) is 24.5 Å². The zero-order chi connectivity index (χ0) is 17.1. The molecule has 24 heavy (non-hydrogen) atoms. The van der Waals surface area contributed by atoms with Crippen LogP contribution in [0, 0.1) is 0 Å². The summed E-state index contributed by atoms with van der Waals surface area (Å²) >= 11 is 18.6. The number of benzene rings is 2. The minimum absolute atomic E-state index is 0.0923. The smallest absolute Gasteiger partial charge is 0.0719 e. The molecule has 0 unspecified atom stereocenters. The number of anilines is 1. The van der Waals surface area contributed by atoms with Crippen molar-refractivity contribution in [1.82, 2.24) is 5.32 Å². The van der Waals surface area contributed by atoms with Gasteiger partial charge in [-0.1, -0.05) is 46.9 Å². The minimum Gasteiger partial charge on any atom is -0.383 e. The Morgan fingerprint density at radius 1 is 1.08 bits per heavy atom. The van der Waals surface area contributed by atoms with Gasteiger partial charge in [0.15, 0.2) is 0 Å². The van der Waals surface area contributed by atoms with Gasteiger partial charge in [0, 0.05) is 30.2 Å². The molecule has 0 aliphatic carbocycles. The van der Waals surface area contributed by atoms with Crippen LogP contribution in [0.15, 0.2) is 42.5 Å². The zero-order valence-corrected chi connectivity index (χ0v) is 15.6. The second-order valence-corrected chi connectivity index (χ2v) is 7.08. The molecule has 0 saturated carbocycles. The van der Waals surface area contributed by atoms with Gasteiger partial charge in [0.25, 0.3) is 0 Å². The van der Waals surface area contributed by atoms with Gasteiger partial charge in [-0.05, 0) is 35.9 Å². The lowest BCUT2D eigenvalue weighted by molar-refractivity contribution is 0.146. The van der Waals surface area contributed by atoms with Gasteiger partial charge >= 0.3 is 0 Å². The Morgan fingerprint density at radius 3 is 2.46 bits per heavy atom. The highest BCUT2D eigenvalue weighted by Gasteiger charge is 2.33. The first kappa shape index (κ1) is 17.8. The number of nitrogens with one attached hydrogen (secondary N) is 1. The van der Waals surface area contributed by atoms with E-state index in [0.29, 0.717) is 16.7 Å². The molecule has 0 bridgehead atoms. The molecule has 2 aromatic carbocycles. The third kappa shape index (κ3) is 3.81. The van der Waals surface area contributed by atoms with Crippen LogP contribution in [0.4, 0.5) is 5.69 Å². The molecule has 2 aromatic rings. The summed E-state index contributed by atoms with van der Waals surface area (Å²) in [4.78, 5) is 2.31. The number of halogens is 3. The second kappa shape index (κ2) is 7.94. The first-order valence-corrected chi connectivity index (χ1v) is 8.93. The summed E-state index contributed by atoms with van der Waals surface area (Å²) in [6.07, 6.45) is 0. The number of piperazine rings is 1. The van der Waals surface area contributed by atoms with E-state index in [1.54, 1.807) is 13.2 Å². The molecule has 0 aromatic heterocycles. The van der Waals surface area contributed by atoms with Gasteiger partial charge in [0.1, 0.15) is 0 Å². The Morgan fingerprint density at radius 2 is 1.79 bits per heavy atom. The average Bonchev–Trinajstić information content (AvgIpc) is 2.56. The molecular weight excluding hydrogens is 367 g/mol. The third-order valence-electron chi connectivity index (χ3n) is 4.25. The molecule has 3 rings (SSSR count). The van der Waals surface area contributed by atoms with E-state index in [2.05, 4.69) is 22.3 Å². The van der Waals surface area contributed by atoms with Crippen molar-refractivity contribution >= 4 is 40.5 Å². The Labute approximate surface area is 157 Å². The van der Waals surface area contributed by atoms with E-state index in [9.17, 15) is 0 Å². The van der Waals surface area contributed by atoms with Gasteiger partial charge in [0.2, 0.25) is 0 Å². The summed E-state index contributed by atoms with van der Waals surface area (Å²) in [7, 11) is 1.72. The fourth-order valence-corrected chi connectivity index (χ4v) is 3.87. The molecule has 1 heterocycles. The lowest BCUT2D eigenvalue weighted by atomic mass is 9.95. The zero-order valence-electron chi connectivity index (χ0n) is 13.3. The second-order valence-electron chi connectivity index (χ2n) is 5.80. The average molecular weight is 386 g/mol. The van der Waals surface area contributed by atoms with Crippen LogP contribution in [0.3, 0.4) is 0 Å². The van der Waals surface area contributed by atoms with Crippen molar-refractivity contribution in [3.63, 3.8) is 0 Å². The maximum atomic E-state index is 6.47. The summed E-state index contributed by atoms with van der Waals surface area (Å²) in [6, 6.07) is 13.8. The van der Waals surface area contributed by atoms with Gasteiger partial charge in [-0.25, -0.2) is 0 Å². The largest absolute Gasteiger partial charge is 0.383 e. The van der Waals surface area contributed by atoms with Crippen molar-refractivity contribution in [3.8, 4) is 0 Å². The Balaban J connectivity index is 2.02. The monoisotopic (exact) mass is 384 g/mol. The number of rotatable bonds is 4. The van der Waals surface area contributed by atoms with Crippen LogP contribution in [0.5, 0.6) is 0 Å². The molecule has 6 heteroatoms. The number of ether oxygens (including phenoxy) is 1. The number of methoxy groups -OCH3 is 1. The molecule has 0 spiro atoms. The summed E-state index contributed by atoms with van der Waals surface area (Å²) in [5, 5.41) is 5.56. The SMILES string of the molecule is COC[C@H]1NCCN(c2ccc(Cl)cc2Cl)[C@H]1c1ccc(Cl)cc1. The predicted octanol–water partition coefficient (Wildman–Crippen LogP) is 4.81. The quantitative estimate of drug-likeness (QED) is 0.817. The van der Waals surface area contributed by atoms with Gasteiger partial charge < -0.3 is 15.0 Å². The van der Waals surface area contributed by atoms with Crippen LogP contribution in [-0.2, 0) is 4.74 Å². The molecule has 0 radical (unpaired) electrons. The molecule has 1 aliphatic heterocycles. The maximum Gasteiger partial charge on any atom is 0.0719 e. The Hall–Kier alpha value is -0.970. The normalized spacial score (nSPS) is 21.1. The van der Waals surface area contributed by atoms with Crippen LogP contribution in [-0.4, -0.2) is 32.8 Å². The minimum atomic E-state index is 0.0923. The molecule has 3 nitrogen and oxygen atoms in total. The molecule has 0 amide bonds. The van der Waals surface area contributed by atoms with E-state index in [4.69, 9.17) is 39.5 Å². The van der Waals surface area contributed by atoms with E-state index >= 15 is 0 Å². The maximum absolute atomic E-state index is 6.47. The van der Waals surface area contributed by atoms with E-state index in [0.717, 1.165) is 23.8 Å². The molecular formula is C18H19Cl3N2O. The third-order valence-corrected chi connectivity index (χ3v) is 5.04. The van der Waals surface area contributed by atoms with E-state index in [-0.39, 0.29) is 12.1 Å². The molecule has 1 fully saturated rings. The lowest BCUT2D eigenvalue weighted by Crippen LogP contribution is -2.54. The molecule has 1 aliphatic rings. The van der Waals surface area contributed by atoms with E-state index in [1.165, 1.54) is 5.56 Å². The van der Waals surface area contributed by atoms with Gasteiger partial charge in [-0.3, -0.25) is 0 Å². The molecule has 1 N–H and O–H groups in total. The van der Waals surface area contributed by atoms with Gasteiger partial charge in [-0.15, -0.1) is 0 Å². The summed E-state index contributed by atoms with van der Waals surface area (Å²) in [6.45, 7) is 2.31. The molecule has 128 valence electrons. The summed E-state index contributed by atoms with van der Waals surface area (Å²) in [5.41, 5.74) is 2.14. The summed E-state index contributed by atoms with van der Waals surface area (Å²) < 4.78 is 5.42. The van der Waals surface area contributed by atoms with Gasteiger partial charge in [0.05, 0.1) is 29.4 Å². The highest BCUT2D eigenvalue weighted by molar-refractivity contribution is 6.36. The van der Waals surface area contributed by atoms with Crippen LogP contribution in [0.2, 0.25) is 15.1 Å². The van der Waals surface area contributed by atoms with Crippen molar-refractivity contribution in [2.24, 2.45) is 0 Å². The first-order chi connectivity index (χ1) is 11.6.